The molecule has 1 aromatic rings. The van der Waals surface area contributed by atoms with Gasteiger partial charge in [-0.1, -0.05) is 0 Å². The number of halogens is 18. The molecule has 0 aromatic carbocycles. The highest BCUT2D eigenvalue weighted by Gasteiger charge is 2.93. The monoisotopic (exact) mass is 490 g/mol. The molecule has 1 heterocycles. The Morgan fingerprint density at radius 1 is 0.433 bits per heavy atom. The molecule has 176 valence electrons. The second kappa shape index (κ2) is 6.51. The Balaban J connectivity index is 3.72. The van der Waals surface area contributed by atoms with Gasteiger partial charge in [0.15, 0.2) is 0 Å². The van der Waals surface area contributed by atoms with Crippen LogP contribution in [-0.2, 0) is 5.92 Å². The van der Waals surface area contributed by atoms with Gasteiger partial charge in [-0.2, -0.15) is 79.0 Å². The zero-order chi connectivity index (χ0) is 24.5. The summed E-state index contributed by atoms with van der Waals surface area (Å²) in [4.78, 5) is 0. The molecule has 0 saturated heterocycles. The van der Waals surface area contributed by atoms with Crippen LogP contribution in [0.4, 0.5) is 79.0 Å². The fraction of sp³-hybridized carbons (Fsp3) is 0.636. The van der Waals surface area contributed by atoms with Gasteiger partial charge in [-0.05, 0) is 0 Å². The van der Waals surface area contributed by atoms with Crippen molar-refractivity contribution in [3.63, 3.8) is 0 Å². The predicted molar refractivity (Wildman–Crippen MR) is 53.3 cm³/mol. The van der Waals surface area contributed by atoms with Crippen molar-refractivity contribution in [3.8, 4) is 0 Å². The lowest BCUT2D eigenvalue weighted by molar-refractivity contribution is -0.454. The highest BCUT2D eigenvalue weighted by Crippen LogP contribution is 2.63. The van der Waals surface area contributed by atoms with Crippen LogP contribution >= 0.6 is 0 Å². The fourth-order valence-corrected chi connectivity index (χ4v) is 1.68. The first-order valence-corrected chi connectivity index (χ1v) is 6.31. The molecule has 0 amide bonds. The zero-order valence-corrected chi connectivity index (χ0v) is 12.7. The first-order valence-electron chi connectivity index (χ1n) is 6.31. The van der Waals surface area contributed by atoms with E-state index in [-0.39, 0.29) is 0 Å². The third-order valence-electron chi connectivity index (χ3n) is 3.37. The number of alkyl halides is 15. The van der Waals surface area contributed by atoms with Crippen LogP contribution in [0, 0.1) is 17.6 Å². The molecule has 19 heteroatoms. The zero-order valence-electron chi connectivity index (χ0n) is 12.7. The Bertz CT molecular complexity index is 798. The lowest BCUT2D eigenvalue weighted by Crippen LogP contribution is -2.72. The number of furan rings is 1. The van der Waals surface area contributed by atoms with E-state index in [0.717, 1.165) is 0 Å². The molecule has 0 N–H and O–H groups in total. The maximum absolute atomic E-state index is 13.4. The standard InChI is InChI=1S/C11F18O/c12-1-2(13)4(14)30-3(1)5(15,16)6(17,18)7(19,20)8(21,22)9(23,24)10(25,26)11(27,28)29. The van der Waals surface area contributed by atoms with E-state index in [1.165, 1.54) is 0 Å². The molecule has 0 saturated carbocycles. The Kier molecular flexibility index (Phi) is 5.65. The van der Waals surface area contributed by atoms with E-state index in [9.17, 15) is 79.0 Å². The van der Waals surface area contributed by atoms with E-state index in [2.05, 4.69) is 4.42 Å². The van der Waals surface area contributed by atoms with Crippen molar-refractivity contribution in [2.75, 3.05) is 0 Å². The van der Waals surface area contributed by atoms with Crippen LogP contribution in [0.3, 0.4) is 0 Å². The quantitative estimate of drug-likeness (QED) is 0.414. The van der Waals surface area contributed by atoms with E-state index in [4.69, 9.17) is 0 Å². The highest BCUT2D eigenvalue weighted by molar-refractivity contribution is 5.20. The Morgan fingerprint density at radius 2 is 0.767 bits per heavy atom. The summed E-state index contributed by atoms with van der Waals surface area (Å²) >= 11 is 0. The van der Waals surface area contributed by atoms with Gasteiger partial charge in [0, 0.05) is 0 Å². The molecule has 0 radical (unpaired) electrons. The molecule has 0 aliphatic heterocycles. The molecular formula is C11F18O. The van der Waals surface area contributed by atoms with E-state index in [1.54, 1.807) is 0 Å². The second-order valence-corrected chi connectivity index (χ2v) is 5.28. The van der Waals surface area contributed by atoms with Crippen LogP contribution in [-0.4, -0.2) is 35.8 Å². The normalized spacial score (nSPS) is 15.7. The molecule has 0 fully saturated rings. The average molecular weight is 490 g/mol. The average Bonchev–Trinajstić information content (AvgIpc) is 2.80. The topological polar surface area (TPSA) is 13.1 Å². The molecule has 0 aliphatic rings. The predicted octanol–water partition coefficient (Wildman–Crippen LogP) is 6.53. The largest absolute Gasteiger partial charge is 0.460 e. The number of rotatable bonds is 6. The van der Waals surface area contributed by atoms with Crippen molar-refractivity contribution >= 4 is 0 Å². The Hall–Kier alpha value is -1.98. The van der Waals surface area contributed by atoms with Crippen LogP contribution in [0.25, 0.3) is 0 Å². The molecule has 1 rings (SSSR count). The number of hydrogen-bond acceptors (Lipinski definition) is 1. The summed E-state index contributed by atoms with van der Waals surface area (Å²) in [7, 11) is 0. The van der Waals surface area contributed by atoms with Crippen molar-refractivity contribution in [2.24, 2.45) is 0 Å². The molecule has 0 atom stereocenters. The van der Waals surface area contributed by atoms with Crippen molar-refractivity contribution in [1.82, 2.24) is 0 Å². The summed E-state index contributed by atoms with van der Waals surface area (Å²) in [5.74, 6) is -60.0. The third-order valence-corrected chi connectivity index (χ3v) is 3.37. The summed E-state index contributed by atoms with van der Waals surface area (Å²) in [6.07, 6.45) is -7.78. The van der Waals surface area contributed by atoms with Gasteiger partial charge < -0.3 is 4.42 Å². The minimum Gasteiger partial charge on any atom is -0.424 e. The van der Waals surface area contributed by atoms with E-state index >= 15 is 0 Å². The first-order chi connectivity index (χ1) is 12.8. The van der Waals surface area contributed by atoms with Gasteiger partial charge in [-0.3, -0.25) is 0 Å². The number of hydrogen-bond donors (Lipinski definition) is 0. The van der Waals surface area contributed by atoms with Crippen LogP contribution in [0.2, 0.25) is 0 Å². The van der Waals surface area contributed by atoms with Crippen molar-refractivity contribution in [2.45, 2.75) is 41.7 Å². The summed E-state index contributed by atoms with van der Waals surface area (Å²) in [5.41, 5.74) is 0. The van der Waals surface area contributed by atoms with E-state index in [0.29, 0.717) is 0 Å². The van der Waals surface area contributed by atoms with Gasteiger partial charge in [0.25, 0.3) is 0 Å². The van der Waals surface area contributed by atoms with Crippen molar-refractivity contribution in [3.05, 3.63) is 23.4 Å². The summed E-state index contributed by atoms with van der Waals surface area (Å²) in [6, 6.07) is -3.15. The lowest BCUT2D eigenvalue weighted by Gasteiger charge is -2.41. The van der Waals surface area contributed by atoms with Crippen molar-refractivity contribution < 1.29 is 83.4 Å². The van der Waals surface area contributed by atoms with Gasteiger partial charge in [-0.25, -0.2) is 0 Å². The fourth-order valence-electron chi connectivity index (χ4n) is 1.68. The minimum absolute atomic E-state index is 2.67. The van der Waals surface area contributed by atoms with Crippen LogP contribution in [0.15, 0.2) is 4.42 Å². The highest BCUT2D eigenvalue weighted by atomic mass is 19.4. The molecule has 1 nitrogen and oxygen atoms in total. The van der Waals surface area contributed by atoms with Crippen molar-refractivity contribution in [1.29, 1.82) is 0 Å². The van der Waals surface area contributed by atoms with Gasteiger partial charge >= 0.3 is 47.7 Å². The molecule has 0 aliphatic carbocycles. The van der Waals surface area contributed by atoms with Crippen LogP contribution < -0.4 is 0 Å². The third kappa shape index (κ3) is 2.97. The smallest absolute Gasteiger partial charge is 0.424 e. The Morgan fingerprint density at radius 3 is 1.07 bits per heavy atom. The summed E-state index contributed by atoms with van der Waals surface area (Å²) < 4.78 is 234. The van der Waals surface area contributed by atoms with Crippen LogP contribution in [0.1, 0.15) is 5.76 Å². The van der Waals surface area contributed by atoms with Crippen LogP contribution in [0.5, 0.6) is 0 Å². The first kappa shape index (κ1) is 26.1. The van der Waals surface area contributed by atoms with E-state index in [1.807, 2.05) is 0 Å². The van der Waals surface area contributed by atoms with Gasteiger partial charge in [-0.15, -0.1) is 0 Å². The molecule has 0 spiro atoms. The summed E-state index contributed by atoms with van der Waals surface area (Å²) in [6.45, 7) is 0. The van der Waals surface area contributed by atoms with Gasteiger partial charge in [0.05, 0.1) is 0 Å². The molecule has 1 aromatic heterocycles. The maximum Gasteiger partial charge on any atom is 0.460 e. The molecule has 0 unspecified atom stereocenters. The molecular weight excluding hydrogens is 490 g/mol. The SMILES string of the molecule is Fc1oc(C(F)(F)C(F)(F)C(F)(F)C(F)(F)C(F)(F)C(F)(F)C(F)(F)F)c(F)c1F. The van der Waals surface area contributed by atoms with E-state index < -0.39 is 65.1 Å². The van der Waals surface area contributed by atoms with Gasteiger partial charge in [0.2, 0.25) is 17.4 Å². The van der Waals surface area contributed by atoms with Gasteiger partial charge in [0.1, 0.15) is 0 Å². The molecule has 30 heavy (non-hydrogen) atoms. The second-order valence-electron chi connectivity index (χ2n) is 5.28. The Labute approximate surface area is 150 Å². The summed E-state index contributed by atoms with van der Waals surface area (Å²) in [5, 5.41) is 0. The molecule has 0 bridgehead atoms. The lowest BCUT2D eigenvalue weighted by atomic mass is 9.90. The maximum atomic E-state index is 13.4. The minimum atomic E-state index is -8.62.